The number of hydrogen-bond donors (Lipinski definition) is 2. The minimum atomic E-state index is -0.0531. The fourth-order valence-corrected chi connectivity index (χ4v) is 1.48. The summed E-state index contributed by atoms with van der Waals surface area (Å²) in [5.41, 5.74) is 12.3. The van der Waals surface area contributed by atoms with Gasteiger partial charge in [-0.05, 0) is 6.07 Å². The highest BCUT2D eigenvalue weighted by atomic mass is 15.3. The summed E-state index contributed by atoms with van der Waals surface area (Å²) in [4.78, 5) is 0. The van der Waals surface area contributed by atoms with Crippen molar-refractivity contribution >= 4 is 17.8 Å². The summed E-state index contributed by atoms with van der Waals surface area (Å²) >= 11 is 0. The van der Waals surface area contributed by atoms with Gasteiger partial charge in [-0.1, -0.05) is 6.07 Å². The zero-order valence-corrected chi connectivity index (χ0v) is 8.91. The van der Waals surface area contributed by atoms with Crippen LogP contribution in [0.25, 0.3) is 5.65 Å². The van der Waals surface area contributed by atoms with E-state index >= 15 is 0 Å². The molecule has 0 bridgehead atoms. The molecule has 0 spiro atoms. The molecular weight excluding hydrogens is 204 g/mol. The molecule has 2 aromatic rings. The summed E-state index contributed by atoms with van der Waals surface area (Å²) in [5.74, 6) is -0.0531. The lowest BCUT2D eigenvalue weighted by Crippen LogP contribution is -2.21. The normalized spacial score (nSPS) is 11.1. The first kappa shape index (κ1) is 10.2. The Bertz CT molecular complexity index is 562. The maximum Gasteiger partial charge on any atom is 0.286 e. The summed E-state index contributed by atoms with van der Waals surface area (Å²) in [6.07, 6.45) is 5.51. The molecule has 2 rings (SSSR count). The number of pyridine rings is 1. The highest BCUT2D eigenvalue weighted by molar-refractivity contribution is 5.80. The number of rotatable bonds is 2. The van der Waals surface area contributed by atoms with Gasteiger partial charge in [0.2, 0.25) is 5.96 Å². The molecule has 0 aliphatic carbocycles. The molecule has 0 amide bonds. The van der Waals surface area contributed by atoms with E-state index in [1.807, 2.05) is 46.6 Å². The highest BCUT2D eigenvalue weighted by Crippen LogP contribution is 2.00. The number of aryl methyl sites for hydroxylation is 1. The number of nitrogens with two attached hydrogens (primary N) is 2. The smallest absolute Gasteiger partial charge is 0.286 e. The summed E-state index contributed by atoms with van der Waals surface area (Å²) in [7, 11) is 1.95. The standard InChI is InChI=1S/C10H13N6/c1-15-8(6-13-14-10(11)12)7-16-5-3-2-4-9(15)16/h2-7H,1H3,(H4,11,12,14)/q+1. The van der Waals surface area contributed by atoms with Crippen LogP contribution in [-0.4, -0.2) is 16.7 Å². The Morgan fingerprint density at radius 2 is 2.25 bits per heavy atom. The molecule has 6 nitrogen and oxygen atoms in total. The minimum absolute atomic E-state index is 0.0531. The van der Waals surface area contributed by atoms with Crippen LogP contribution >= 0.6 is 0 Å². The van der Waals surface area contributed by atoms with E-state index in [9.17, 15) is 0 Å². The van der Waals surface area contributed by atoms with Gasteiger partial charge in [0.25, 0.3) is 5.65 Å². The molecule has 2 aromatic heterocycles. The Morgan fingerprint density at radius 1 is 1.44 bits per heavy atom. The fourth-order valence-electron chi connectivity index (χ4n) is 1.48. The van der Waals surface area contributed by atoms with Crippen LogP contribution in [0.5, 0.6) is 0 Å². The van der Waals surface area contributed by atoms with Crippen LogP contribution in [-0.2, 0) is 7.05 Å². The Kier molecular flexibility index (Phi) is 2.55. The fraction of sp³-hybridized carbons (Fsp3) is 0.100. The zero-order valence-electron chi connectivity index (χ0n) is 8.91. The number of hydrogen-bond acceptors (Lipinski definition) is 2. The van der Waals surface area contributed by atoms with Crippen LogP contribution in [0.2, 0.25) is 0 Å². The maximum atomic E-state index is 5.17. The number of fused-ring (bicyclic) bond motifs is 1. The van der Waals surface area contributed by atoms with Gasteiger partial charge in [0.05, 0.1) is 13.2 Å². The molecule has 6 heteroatoms. The molecule has 0 radical (unpaired) electrons. The summed E-state index contributed by atoms with van der Waals surface area (Å²) in [6.45, 7) is 0. The van der Waals surface area contributed by atoms with Gasteiger partial charge in [-0.2, -0.15) is 5.10 Å². The largest absolute Gasteiger partial charge is 0.369 e. The maximum absolute atomic E-state index is 5.17. The third kappa shape index (κ3) is 1.85. The minimum Gasteiger partial charge on any atom is -0.369 e. The quantitative estimate of drug-likeness (QED) is 0.304. The third-order valence-electron chi connectivity index (χ3n) is 2.23. The van der Waals surface area contributed by atoms with Crippen molar-refractivity contribution in [1.29, 1.82) is 0 Å². The summed E-state index contributed by atoms with van der Waals surface area (Å²) < 4.78 is 3.99. The van der Waals surface area contributed by atoms with E-state index < -0.39 is 0 Å². The lowest BCUT2D eigenvalue weighted by Gasteiger charge is -1.87. The van der Waals surface area contributed by atoms with Gasteiger partial charge in [0.1, 0.15) is 12.4 Å². The van der Waals surface area contributed by atoms with Crippen LogP contribution in [0.4, 0.5) is 0 Å². The van der Waals surface area contributed by atoms with Crippen molar-refractivity contribution in [3.05, 3.63) is 36.3 Å². The van der Waals surface area contributed by atoms with E-state index in [4.69, 9.17) is 11.5 Å². The molecule has 0 saturated heterocycles. The predicted octanol–water partition coefficient (Wildman–Crippen LogP) is -0.629. The van der Waals surface area contributed by atoms with Gasteiger partial charge in [-0.15, -0.1) is 5.10 Å². The molecule has 0 atom stereocenters. The van der Waals surface area contributed by atoms with Gasteiger partial charge >= 0.3 is 0 Å². The van der Waals surface area contributed by atoms with Gasteiger partial charge in [-0.3, -0.25) is 0 Å². The topological polar surface area (TPSA) is 85.8 Å². The van der Waals surface area contributed by atoms with Crippen LogP contribution in [0.1, 0.15) is 5.69 Å². The molecule has 0 fully saturated rings. The summed E-state index contributed by atoms with van der Waals surface area (Å²) in [6, 6.07) is 5.95. The first-order chi connectivity index (χ1) is 7.68. The van der Waals surface area contributed by atoms with E-state index in [2.05, 4.69) is 10.2 Å². The SMILES string of the molecule is Cn1c(C=NN=C(N)N)c[n+]2ccccc12. The van der Waals surface area contributed by atoms with Crippen molar-refractivity contribution in [2.45, 2.75) is 0 Å². The second kappa shape index (κ2) is 4.01. The molecular formula is C10H13N6+. The average Bonchev–Trinajstić information content (AvgIpc) is 2.56. The van der Waals surface area contributed by atoms with Crippen molar-refractivity contribution < 1.29 is 4.40 Å². The zero-order chi connectivity index (χ0) is 11.5. The second-order valence-electron chi connectivity index (χ2n) is 3.35. The number of imidazole rings is 1. The lowest BCUT2D eigenvalue weighted by molar-refractivity contribution is -0.510. The Morgan fingerprint density at radius 3 is 2.94 bits per heavy atom. The molecule has 4 N–H and O–H groups in total. The van der Waals surface area contributed by atoms with E-state index in [-0.39, 0.29) is 5.96 Å². The molecule has 0 unspecified atom stereocenters. The molecule has 2 heterocycles. The predicted molar refractivity (Wildman–Crippen MR) is 62.0 cm³/mol. The Balaban J connectivity index is 2.42. The van der Waals surface area contributed by atoms with E-state index in [1.165, 1.54) is 0 Å². The van der Waals surface area contributed by atoms with Gasteiger partial charge in [0, 0.05) is 6.07 Å². The average molecular weight is 217 g/mol. The van der Waals surface area contributed by atoms with Crippen LogP contribution in [0.15, 0.2) is 40.8 Å². The Labute approximate surface area is 92.5 Å². The van der Waals surface area contributed by atoms with Crippen LogP contribution < -0.4 is 15.9 Å². The monoisotopic (exact) mass is 217 g/mol. The van der Waals surface area contributed by atoms with Gasteiger partial charge in [0.15, 0.2) is 5.69 Å². The molecule has 0 aliphatic heterocycles. The first-order valence-corrected chi connectivity index (χ1v) is 4.76. The van der Waals surface area contributed by atoms with Gasteiger partial charge in [-0.25, -0.2) is 8.97 Å². The molecule has 82 valence electrons. The molecule has 16 heavy (non-hydrogen) atoms. The third-order valence-corrected chi connectivity index (χ3v) is 2.23. The van der Waals surface area contributed by atoms with Crippen molar-refractivity contribution in [2.75, 3.05) is 0 Å². The van der Waals surface area contributed by atoms with Crippen molar-refractivity contribution in [3.63, 3.8) is 0 Å². The van der Waals surface area contributed by atoms with Crippen molar-refractivity contribution in [3.8, 4) is 0 Å². The summed E-state index contributed by atoms with van der Waals surface area (Å²) in [5, 5.41) is 7.33. The van der Waals surface area contributed by atoms with Crippen LogP contribution in [0.3, 0.4) is 0 Å². The van der Waals surface area contributed by atoms with Gasteiger partial charge < -0.3 is 11.5 Å². The highest BCUT2D eigenvalue weighted by Gasteiger charge is 2.10. The van der Waals surface area contributed by atoms with Crippen molar-refractivity contribution in [2.24, 2.45) is 28.7 Å². The van der Waals surface area contributed by atoms with E-state index in [1.54, 1.807) is 6.21 Å². The van der Waals surface area contributed by atoms with Crippen molar-refractivity contribution in [1.82, 2.24) is 4.57 Å². The molecule has 0 aliphatic rings. The van der Waals surface area contributed by atoms with E-state index in [0.29, 0.717) is 0 Å². The Hall–Kier alpha value is -2.37. The number of aromatic nitrogens is 2. The number of guanidine groups is 1. The number of nitrogens with zero attached hydrogens (tertiary/aromatic N) is 4. The second-order valence-corrected chi connectivity index (χ2v) is 3.35. The molecule has 0 saturated carbocycles. The van der Waals surface area contributed by atoms with Crippen LogP contribution in [0, 0.1) is 0 Å². The lowest BCUT2D eigenvalue weighted by atomic mass is 10.5. The molecule has 0 aromatic carbocycles. The first-order valence-electron chi connectivity index (χ1n) is 4.76. The van der Waals surface area contributed by atoms with E-state index in [0.717, 1.165) is 11.3 Å².